The van der Waals surface area contributed by atoms with Crippen LogP contribution in [0.2, 0.25) is 5.02 Å². The van der Waals surface area contributed by atoms with Crippen molar-refractivity contribution in [3.8, 4) is 0 Å². The van der Waals surface area contributed by atoms with Crippen molar-refractivity contribution in [1.29, 1.82) is 0 Å². The Morgan fingerprint density at radius 1 is 1.06 bits per heavy atom. The van der Waals surface area contributed by atoms with Gasteiger partial charge in [0, 0.05) is 13.8 Å². The van der Waals surface area contributed by atoms with E-state index in [4.69, 9.17) is 11.6 Å². The highest BCUT2D eigenvalue weighted by atomic mass is 79.9. The fourth-order valence-corrected chi connectivity index (χ4v) is 3.72. The molecule has 0 saturated carbocycles. The van der Waals surface area contributed by atoms with Crippen LogP contribution < -0.4 is 0 Å². The predicted molar refractivity (Wildman–Crippen MR) is 88.7 cm³/mol. The Hall–Kier alpha value is 0.170. The third-order valence-electron chi connectivity index (χ3n) is 2.62. The molecule has 4 heteroatoms. The quantitative estimate of drug-likeness (QED) is 0.463. The average Bonchev–Trinajstić information content (AvgIpc) is 2.32. The van der Waals surface area contributed by atoms with Crippen molar-refractivity contribution < 1.29 is 0 Å². The fraction of sp³-hybridized carbons (Fsp3) is 0.143. The molecule has 0 aromatic heterocycles. The SMILES string of the molecule is Clc1c(Br)cccc1C(Br)Cc1cccc(Br)c1. The summed E-state index contributed by atoms with van der Waals surface area (Å²) in [5, 5.41) is 0.773. The number of benzene rings is 2. The van der Waals surface area contributed by atoms with E-state index in [1.165, 1.54) is 5.56 Å². The van der Waals surface area contributed by atoms with Crippen LogP contribution in [0.5, 0.6) is 0 Å². The van der Waals surface area contributed by atoms with E-state index in [0.717, 1.165) is 26.0 Å². The second kappa shape index (κ2) is 6.56. The van der Waals surface area contributed by atoms with Crippen molar-refractivity contribution in [2.75, 3.05) is 0 Å². The average molecular weight is 453 g/mol. The van der Waals surface area contributed by atoms with Gasteiger partial charge < -0.3 is 0 Å². The van der Waals surface area contributed by atoms with Gasteiger partial charge in [-0.25, -0.2) is 0 Å². The van der Waals surface area contributed by atoms with E-state index >= 15 is 0 Å². The van der Waals surface area contributed by atoms with E-state index in [2.05, 4.69) is 59.9 Å². The topological polar surface area (TPSA) is 0 Å². The van der Waals surface area contributed by atoms with E-state index in [1.807, 2.05) is 30.3 Å². The van der Waals surface area contributed by atoms with Gasteiger partial charge in [0.2, 0.25) is 0 Å². The number of rotatable bonds is 3. The molecule has 0 fully saturated rings. The normalized spacial score (nSPS) is 12.4. The lowest BCUT2D eigenvalue weighted by Gasteiger charge is -2.13. The number of hydrogen-bond donors (Lipinski definition) is 0. The van der Waals surface area contributed by atoms with Crippen LogP contribution in [0.4, 0.5) is 0 Å². The molecular weight excluding hydrogens is 443 g/mol. The van der Waals surface area contributed by atoms with Crippen LogP contribution in [0, 0.1) is 0 Å². The Morgan fingerprint density at radius 2 is 1.78 bits per heavy atom. The molecular formula is C14H10Br3Cl. The number of alkyl halides is 1. The maximum atomic E-state index is 6.30. The van der Waals surface area contributed by atoms with Gasteiger partial charge in [-0.05, 0) is 51.7 Å². The molecule has 0 radical (unpaired) electrons. The van der Waals surface area contributed by atoms with Crippen LogP contribution in [0.25, 0.3) is 0 Å². The Bertz CT molecular complexity index is 554. The zero-order valence-corrected chi connectivity index (χ0v) is 14.9. The lowest BCUT2D eigenvalue weighted by atomic mass is 10.0. The lowest BCUT2D eigenvalue weighted by molar-refractivity contribution is 0.947. The number of hydrogen-bond acceptors (Lipinski definition) is 0. The third kappa shape index (κ3) is 3.60. The zero-order chi connectivity index (χ0) is 13.1. The van der Waals surface area contributed by atoms with E-state index in [-0.39, 0.29) is 4.83 Å². The highest BCUT2D eigenvalue weighted by Gasteiger charge is 2.13. The van der Waals surface area contributed by atoms with E-state index in [1.54, 1.807) is 0 Å². The molecule has 0 aliphatic carbocycles. The Kier molecular flexibility index (Phi) is 5.31. The predicted octanol–water partition coefficient (Wildman–Crippen LogP) is 6.54. The van der Waals surface area contributed by atoms with Crippen LogP contribution in [0.15, 0.2) is 51.4 Å². The molecule has 94 valence electrons. The first-order valence-corrected chi connectivity index (χ1v) is 8.28. The van der Waals surface area contributed by atoms with Crippen LogP contribution in [0.1, 0.15) is 16.0 Å². The highest BCUT2D eigenvalue weighted by molar-refractivity contribution is 9.11. The van der Waals surface area contributed by atoms with Crippen molar-refractivity contribution >= 4 is 59.4 Å². The minimum absolute atomic E-state index is 0.205. The largest absolute Gasteiger partial charge is 0.0835 e. The molecule has 0 aliphatic heterocycles. The van der Waals surface area contributed by atoms with Crippen molar-refractivity contribution in [2.45, 2.75) is 11.2 Å². The summed E-state index contributed by atoms with van der Waals surface area (Å²) in [5.74, 6) is 0. The fourth-order valence-electron chi connectivity index (χ4n) is 1.74. The molecule has 0 heterocycles. The van der Waals surface area contributed by atoms with Gasteiger partial charge in [0.25, 0.3) is 0 Å². The summed E-state index contributed by atoms with van der Waals surface area (Å²) in [6, 6.07) is 14.3. The van der Waals surface area contributed by atoms with Gasteiger partial charge in [0.15, 0.2) is 0 Å². The minimum atomic E-state index is 0.205. The smallest absolute Gasteiger partial charge is 0.0591 e. The monoisotopic (exact) mass is 450 g/mol. The molecule has 0 aliphatic rings. The van der Waals surface area contributed by atoms with Gasteiger partial charge in [-0.15, -0.1) is 0 Å². The van der Waals surface area contributed by atoms with Crippen LogP contribution in [0.3, 0.4) is 0 Å². The standard InChI is InChI=1S/C14H10Br3Cl/c15-10-4-1-3-9(7-10)8-13(17)11-5-2-6-12(16)14(11)18/h1-7,13H,8H2. The molecule has 2 rings (SSSR count). The minimum Gasteiger partial charge on any atom is -0.0835 e. The summed E-state index contributed by atoms with van der Waals surface area (Å²) >= 11 is 16.9. The Labute approximate surface area is 137 Å². The molecule has 0 spiro atoms. The Balaban J connectivity index is 2.22. The van der Waals surface area contributed by atoms with Gasteiger partial charge in [-0.1, -0.05) is 67.7 Å². The summed E-state index contributed by atoms with van der Waals surface area (Å²) in [6.07, 6.45) is 0.898. The first-order chi connectivity index (χ1) is 8.58. The molecule has 1 unspecified atom stereocenters. The molecule has 1 atom stereocenters. The van der Waals surface area contributed by atoms with Gasteiger partial charge in [-0.2, -0.15) is 0 Å². The van der Waals surface area contributed by atoms with Crippen LogP contribution in [-0.2, 0) is 6.42 Å². The zero-order valence-electron chi connectivity index (χ0n) is 9.34. The maximum Gasteiger partial charge on any atom is 0.0591 e. The molecule has 0 nitrogen and oxygen atoms in total. The van der Waals surface area contributed by atoms with Crippen molar-refractivity contribution in [3.05, 3.63) is 67.6 Å². The van der Waals surface area contributed by atoms with Gasteiger partial charge in [-0.3, -0.25) is 0 Å². The van der Waals surface area contributed by atoms with E-state index in [0.29, 0.717) is 0 Å². The van der Waals surface area contributed by atoms with Gasteiger partial charge in [0.1, 0.15) is 0 Å². The van der Waals surface area contributed by atoms with Crippen LogP contribution in [-0.4, -0.2) is 0 Å². The summed E-state index contributed by atoms with van der Waals surface area (Å²) < 4.78 is 2.03. The van der Waals surface area contributed by atoms with Crippen molar-refractivity contribution in [2.24, 2.45) is 0 Å². The molecule has 18 heavy (non-hydrogen) atoms. The molecule has 2 aromatic rings. The first-order valence-electron chi connectivity index (χ1n) is 5.40. The highest BCUT2D eigenvalue weighted by Crippen LogP contribution is 2.36. The Morgan fingerprint density at radius 3 is 2.50 bits per heavy atom. The second-order valence-electron chi connectivity index (χ2n) is 3.94. The van der Waals surface area contributed by atoms with E-state index < -0.39 is 0 Å². The summed E-state index contributed by atoms with van der Waals surface area (Å²) in [4.78, 5) is 0.205. The molecule has 2 aromatic carbocycles. The number of halogens is 4. The van der Waals surface area contributed by atoms with Crippen LogP contribution >= 0.6 is 59.4 Å². The van der Waals surface area contributed by atoms with Crippen molar-refractivity contribution in [1.82, 2.24) is 0 Å². The second-order valence-corrected chi connectivity index (χ2v) is 7.20. The van der Waals surface area contributed by atoms with Gasteiger partial charge in [0.05, 0.1) is 5.02 Å². The summed E-state index contributed by atoms with van der Waals surface area (Å²) in [6.45, 7) is 0. The summed E-state index contributed by atoms with van der Waals surface area (Å²) in [5.41, 5.74) is 2.37. The molecule has 0 bridgehead atoms. The van der Waals surface area contributed by atoms with Gasteiger partial charge >= 0.3 is 0 Å². The first kappa shape index (κ1) is 14.6. The van der Waals surface area contributed by atoms with E-state index in [9.17, 15) is 0 Å². The van der Waals surface area contributed by atoms with Crippen molar-refractivity contribution in [3.63, 3.8) is 0 Å². The molecule has 0 saturated heterocycles. The maximum absolute atomic E-state index is 6.30. The molecule has 0 amide bonds. The lowest BCUT2D eigenvalue weighted by Crippen LogP contribution is -1.96. The summed E-state index contributed by atoms with van der Waals surface area (Å²) in [7, 11) is 0. The molecule has 0 N–H and O–H groups in total. The third-order valence-corrected chi connectivity index (χ3v) is 5.24.